The van der Waals surface area contributed by atoms with Gasteiger partial charge < -0.3 is 10.1 Å². The molecule has 3 heteroatoms. The molecule has 0 aliphatic heterocycles. The first-order valence-corrected chi connectivity index (χ1v) is 6.64. The van der Waals surface area contributed by atoms with Gasteiger partial charge in [0.15, 0.2) is 0 Å². The lowest BCUT2D eigenvalue weighted by Crippen LogP contribution is -2.23. The topological polar surface area (TPSA) is 38.3 Å². The Hall–Kier alpha value is -2.13. The lowest BCUT2D eigenvalue weighted by atomic mass is 9.96. The number of likely N-dealkylation sites (N-methyl/N-ethyl adjacent to an activating group) is 1. The van der Waals surface area contributed by atoms with Crippen LogP contribution in [0, 0.1) is 6.92 Å². The zero-order chi connectivity index (χ0) is 14.4. The number of amides is 1. The number of carbonyl (C=O) groups is 1. The van der Waals surface area contributed by atoms with Crippen LogP contribution in [0.5, 0.6) is 0 Å². The lowest BCUT2D eigenvalue weighted by molar-refractivity contribution is -0.125. The van der Waals surface area contributed by atoms with Crippen LogP contribution < -0.4 is 5.32 Å². The van der Waals surface area contributed by atoms with Crippen molar-refractivity contribution in [2.24, 2.45) is 0 Å². The molecular weight excluding hydrogens is 250 g/mol. The van der Waals surface area contributed by atoms with Gasteiger partial charge in [-0.15, -0.1) is 0 Å². The number of ether oxygens (including phenoxy) is 1. The van der Waals surface area contributed by atoms with Crippen LogP contribution in [0.15, 0.2) is 48.5 Å². The summed E-state index contributed by atoms with van der Waals surface area (Å²) in [5, 5.41) is 2.54. The smallest absolute Gasteiger partial charge is 0.245 e. The Morgan fingerprint density at radius 1 is 1.05 bits per heavy atom. The zero-order valence-corrected chi connectivity index (χ0v) is 11.8. The van der Waals surface area contributed by atoms with E-state index in [-0.39, 0.29) is 12.5 Å². The second kappa shape index (κ2) is 6.87. The predicted molar refractivity (Wildman–Crippen MR) is 80.3 cm³/mol. The molecule has 20 heavy (non-hydrogen) atoms. The monoisotopic (exact) mass is 269 g/mol. The molecule has 0 aliphatic rings. The number of benzene rings is 2. The van der Waals surface area contributed by atoms with Gasteiger partial charge in [-0.05, 0) is 29.2 Å². The SMILES string of the molecule is CNC(=O)COCc1ccccc1-c1ccccc1C. The van der Waals surface area contributed by atoms with E-state index in [0.29, 0.717) is 6.61 Å². The minimum atomic E-state index is -0.113. The highest BCUT2D eigenvalue weighted by atomic mass is 16.5. The Labute approximate surface area is 119 Å². The molecule has 0 spiro atoms. The fourth-order valence-corrected chi connectivity index (χ4v) is 2.11. The summed E-state index contributed by atoms with van der Waals surface area (Å²) in [5.41, 5.74) is 4.67. The van der Waals surface area contributed by atoms with Gasteiger partial charge in [-0.2, -0.15) is 0 Å². The quantitative estimate of drug-likeness (QED) is 0.906. The molecule has 0 aromatic heterocycles. The van der Waals surface area contributed by atoms with Gasteiger partial charge >= 0.3 is 0 Å². The van der Waals surface area contributed by atoms with Gasteiger partial charge in [-0.1, -0.05) is 48.5 Å². The Morgan fingerprint density at radius 3 is 2.40 bits per heavy atom. The predicted octanol–water partition coefficient (Wildman–Crippen LogP) is 2.92. The third-order valence-corrected chi connectivity index (χ3v) is 3.22. The van der Waals surface area contributed by atoms with Crippen molar-refractivity contribution in [3.63, 3.8) is 0 Å². The molecule has 0 unspecified atom stereocenters. The largest absolute Gasteiger partial charge is 0.367 e. The number of hydrogen-bond acceptors (Lipinski definition) is 2. The van der Waals surface area contributed by atoms with Crippen molar-refractivity contribution in [2.75, 3.05) is 13.7 Å². The summed E-state index contributed by atoms with van der Waals surface area (Å²) in [7, 11) is 1.60. The average molecular weight is 269 g/mol. The van der Waals surface area contributed by atoms with Gasteiger partial charge in [0.1, 0.15) is 6.61 Å². The van der Waals surface area contributed by atoms with E-state index in [4.69, 9.17) is 4.74 Å². The van der Waals surface area contributed by atoms with E-state index in [2.05, 4.69) is 30.4 Å². The van der Waals surface area contributed by atoms with E-state index < -0.39 is 0 Å². The maximum Gasteiger partial charge on any atom is 0.245 e. The molecule has 2 aromatic carbocycles. The summed E-state index contributed by atoms with van der Waals surface area (Å²) in [6.07, 6.45) is 0. The van der Waals surface area contributed by atoms with Gasteiger partial charge in [-0.25, -0.2) is 0 Å². The van der Waals surface area contributed by atoms with Crippen molar-refractivity contribution in [2.45, 2.75) is 13.5 Å². The average Bonchev–Trinajstić information content (AvgIpc) is 2.48. The van der Waals surface area contributed by atoms with Gasteiger partial charge in [0.2, 0.25) is 5.91 Å². The summed E-state index contributed by atoms with van der Waals surface area (Å²) in [5.74, 6) is -0.113. The van der Waals surface area contributed by atoms with E-state index in [1.54, 1.807) is 7.05 Å². The summed E-state index contributed by atoms with van der Waals surface area (Å²) < 4.78 is 5.46. The second-order valence-corrected chi connectivity index (χ2v) is 4.64. The molecule has 104 valence electrons. The fourth-order valence-electron chi connectivity index (χ4n) is 2.11. The Balaban J connectivity index is 2.19. The van der Waals surface area contributed by atoms with Crippen molar-refractivity contribution in [3.8, 4) is 11.1 Å². The van der Waals surface area contributed by atoms with Crippen LogP contribution in [-0.4, -0.2) is 19.6 Å². The molecule has 1 N–H and O–H groups in total. The van der Waals surface area contributed by atoms with Crippen LogP contribution in [-0.2, 0) is 16.1 Å². The molecule has 2 aromatic rings. The number of rotatable bonds is 5. The van der Waals surface area contributed by atoms with Crippen LogP contribution in [0.3, 0.4) is 0 Å². The first kappa shape index (κ1) is 14.3. The second-order valence-electron chi connectivity index (χ2n) is 4.64. The molecule has 2 rings (SSSR count). The van der Waals surface area contributed by atoms with Crippen molar-refractivity contribution < 1.29 is 9.53 Å². The van der Waals surface area contributed by atoms with Crippen molar-refractivity contribution in [1.82, 2.24) is 5.32 Å². The molecule has 0 saturated carbocycles. The van der Waals surface area contributed by atoms with E-state index in [0.717, 1.165) is 11.1 Å². The molecule has 3 nitrogen and oxygen atoms in total. The molecule has 0 fully saturated rings. The van der Waals surface area contributed by atoms with E-state index in [1.807, 2.05) is 30.3 Å². The number of nitrogens with one attached hydrogen (secondary N) is 1. The minimum absolute atomic E-state index is 0.0820. The first-order valence-electron chi connectivity index (χ1n) is 6.64. The van der Waals surface area contributed by atoms with E-state index in [1.165, 1.54) is 11.1 Å². The molecule has 0 atom stereocenters. The van der Waals surface area contributed by atoms with Gasteiger partial charge in [-0.3, -0.25) is 4.79 Å². The molecular formula is C17H19NO2. The molecule has 0 radical (unpaired) electrons. The minimum Gasteiger partial charge on any atom is -0.367 e. The standard InChI is InChI=1S/C17H19NO2/c1-13-7-3-5-9-15(13)16-10-6-4-8-14(16)11-20-12-17(19)18-2/h3-10H,11-12H2,1-2H3,(H,18,19). The van der Waals surface area contributed by atoms with Crippen molar-refractivity contribution in [3.05, 3.63) is 59.7 Å². The Kier molecular flexibility index (Phi) is 4.91. The summed E-state index contributed by atoms with van der Waals surface area (Å²) in [4.78, 5) is 11.2. The summed E-state index contributed by atoms with van der Waals surface area (Å²) in [6, 6.07) is 16.4. The van der Waals surface area contributed by atoms with Gasteiger partial charge in [0.05, 0.1) is 6.61 Å². The van der Waals surface area contributed by atoms with E-state index >= 15 is 0 Å². The van der Waals surface area contributed by atoms with Crippen LogP contribution in [0.4, 0.5) is 0 Å². The number of hydrogen-bond donors (Lipinski definition) is 1. The number of aryl methyl sites for hydroxylation is 1. The van der Waals surface area contributed by atoms with Gasteiger partial charge in [0, 0.05) is 7.05 Å². The van der Waals surface area contributed by atoms with Crippen LogP contribution in [0.2, 0.25) is 0 Å². The molecule has 1 amide bonds. The normalized spacial score (nSPS) is 10.3. The molecule has 0 saturated heterocycles. The third-order valence-electron chi connectivity index (χ3n) is 3.22. The highest BCUT2D eigenvalue weighted by Gasteiger charge is 2.07. The molecule has 0 aliphatic carbocycles. The van der Waals surface area contributed by atoms with Crippen LogP contribution in [0.25, 0.3) is 11.1 Å². The highest BCUT2D eigenvalue weighted by molar-refractivity contribution is 5.76. The fraction of sp³-hybridized carbons (Fsp3) is 0.235. The Bertz CT molecular complexity index is 593. The van der Waals surface area contributed by atoms with Crippen molar-refractivity contribution in [1.29, 1.82) is 0 Å². The third kappa shape index (κ3) is 3.45. The maximum atomic E-state index is 11.2. The lowest BCUT2D eigenvalue weighted by Gasteiger charge is -2.12. The first-order chi connectivity index (χ1) is 9.72. The summed E-state index contributed by atoms with van der Waals surface area (Å²) in [6.45, 7) is 2.61. The Morgan fingerprint density at radius 2 is 1.70 bits per heavy atom. The summed E-state index contributed by atoms with van der Waals surface area (Å²) >= 11 is 0. The number of carbonyl (C=O) groups excluding carboxylic acids is 1. The maximum absolute atomic E-state index is 11.2. The molecule has 0 bridgehead atoms. The zero-order valence-electron chi connectivity index (χ0n) is 11.8. The molecule has 0 heterocycles. The van der Waals surface area contributed by atoms with E-state index in [9.17, 15) is 4.79 Å². The van der Waals surface area contributed by atoms with Crippen LogP contribution >= 0.6 is 0 Å². The van der Waals surface area contributed by atoms with Crippen molar-refractivity contribution >= 4 is 5.91 Å². The van der Waals surface area contributed by atoms with Gasteiger partial charge in [0.25, 0.3) is 0 Å². The highest BCUT2D eigenvalue weighted by Crippen LogP contribution is 2.27. The van der Waals surface area contributed by atoms with Crippen LogP contribution in [0.1, 0.15) is 11.1 Å².